The number of halogens is 2. The fourth-order valence-electron chi connectivity index (χ4n) is 7.51. The second-order valence-corrected chi connectivity index (χ2v) is 11.3. The van der Waals surface area contributed by atoms with Crippen LogP contribution in [0.25, 0.3) is 0 Å². The lowest BCUT2D eigenvalue weighted by atomic mass is 9.48. The van der Waals surface area contributed by atoms with Gasteiger partial charge in [-0.1, -0.05) is 11.6 Å². The number of fused-ring (bicyclic) bond motifs is 1. The highest BCUT2D eigenvalue weighted by atomic mass is 35.5. The third kappa shape index (κ3) is 3.87. The third-order valence-corrected chi connectivity index (χ3v) is 9.04. The van der Waals surface area contributed by atoms with Gasteiger partial charge in [0.15, 0.2) is 0 Å². The molecule has 2 aromatic rings. The minimum Gasteiger partial charge on any atom is -0.391 e. The van der Waals surface area contributed by atoms with Crippen molar-refractivity contribution in [3.05, 3.63) is 52.2 Å². The molecule has 0 spiro atoms. The van der Waals surface area contributed by atoms with Crippen LogP contribution in [-0.4, -0.2) is 45.1 Å². The van der Waals surface area contributed by atoms with E-state index in [0.717, 1.165) is 54.1 Å². The summed E-state index contributed by atoms with van der Waals surface area (Å²) in [4.78, 5) is 23.5. The molecule has 4 fully saturated rings. The molecule has 1 aromatic heterocycles. The van der Waals surface area contributed by atoms with Gasteiger partial charge < -0.3 is 15.3 Å². The van der Waals surface area contributed by atoms with Crippen LogP contribution >= 0.6 is 11.6 Å². The maximum Gasteiger partial charge on any atom is 0.255 e. The Morgan fingerprint density at radius 1 is 1.21 bits per heavy atom. The van der Waals surface area contributed by atoms with Gasteiger partial charge in [0.1, 0.15) is 18.0 Å². The molecule has 180 valence electrons. The average Bonchev–Trinajstić information content (AvgIpc) is 2.82. The largest absolute Gasteiger partial charge is 0.391 e. The van der Waals surface area contributed by atoms with Crippen molar-refractivity contribution in [1.29, 1.82) is 0 Å². The summed E-state index contributed by atoms with van der Waals surface area (Å²) < 4.78 is 13.7. The number of benzene rings is 1. The van der Waals surface area contributed by atoms with Crippen LogP contribution in [0.2, 0.25) is 5.02 Å². The zero-order valence-electron chi connectivity index (χ0n) is 19.1. The van der Waals surface area contributed by atoms with E-state index in [1.54, 1.807) is 4.90 Å². The van der Waals surface area contributed by atoms with Crippen LogP contribution in [0.4, 0.5) is 10.2 Å². The van der Waals surface area contributed by atoms with Gasteiger partial charge in [-0.15, -0.1) is 0 Å². The van der Waals surface area contributed by atoms with E-state index >= 15 is 0 Å². The van der Waals surface area contributed by atoms with Gasteiger partial charge >= 0.3 is 0 Å². The number of carbonyl (C=O) groups is 1. The molecule has 6 nitrogen and oxygen atoms in total. The van der Waals surface area contributed by atoms with Gasteiger partial charge in [0.25, 0.3) is 5.91 Å². The molecule has 1 aliphatic heterocycles. The SMILES string of the molecule is O=C(c1cc(F)ccc1Cl)N1CCc2c(ncnc2NCC(O)C23CC4CC(CC(C4)C2)C3)C1. The lowest BCUT2D eigenvalue weighted by Crippen LogP contribution is -2.53. The van der Waals surface area contributed by atoms with Crippen LogP contribution in [0.5, 0.6) is 0 Å². The monoisotopic (exact) mass is 484 g/mol. The number of nitrogens with zero attached hydrogens (tertiary/aromatic N) is 3. The van der Waals surface area contributed by atoms with Gasteiger partial charge in [-0.05, 0) is 86.3 Å². The van der Waals surface area contributed by atoms with Gasteiger partial charge in [0, 0.05) is 18.7 Å². The van der Waals surface area contributed by atoms with E-state index < -0.39 is 5.82 Å². The third-order valence-electron chi connectivity index (χ3n) is 8.71. The number of hydrogen-bond acceptors (Lipinski definition) is 5. The molecule has 4 saturated carbocycles. The summed E-state index contributed by atoms with van der Waals surface area (Å²) in [6, 6.07) is 3.83. The van der Waals surface area contributed by atoms with Gasteiger partial charge in [0.2, 0.25) is 0 Å². The molecule has 1 atom stereocenters. The molecule has 0 saturated heterocycles. The summed E-state index contributed by atoms with van der Waals surface area (Å²) in [6.45, 7) is 1.27. The first-order valence-corrected chi connectivity index (χ1v) is 12.8. The summed E-state index contributed by atoms with van der Waals surface area (Å²) in [5.41, 5.74) is 1.97. The maximum atomic E-state index is 13.7. The maximum absolute atomic E-state index is 13.7. The van der Waals surface area contributed by atoms with Gasteiger partial charge in [-0.2, -0.15) is 0 Å². The molecule has 1 unspecified atom stereocenters. The van der Waals surface area contributed by atoms with E-state index in [2.05, 4.69) is 15.3 Å². The van der Waals surface area contributed by atoms with Crippen LogP contribution in [0.3, 0.4) is 0 Å². The Bertz CT molecular complexity index is 1090. The fraction of sp³-hybridized carbons (Fsp3) is 0.577. The number of rotatable bonds is 5. The molecular weight excluding hydrogens is 455 g/mol. The van der Waals surface area contributed by atoms with E-state index in [4.69, 9.17) is 11.6 Å². The van der Waals surface area contributed by atoms with Crippen molar-refractivity contribution < 1.29 is 14.3 Å². The molecule has 1 amide bonds. The van der Waals surface area contributed by atoms with Gasteiger partial charge in [-0.3, -0.25) is 4.79 Å². The van der Waals surface area contributed by atoms with Crippen LogP contribution in [0.15, 0.2) is 24.5 Å². The Hall–Kier alpha value is -2.25. The minimum atomic E-state index is -0.489. The zero-order chi connectivity index (χ0) is 23.4. The van der Waals surface area contributed by atoms with E-state index in [1.165, 1.54) is 43.8 Å². The Labute approximate surface area is 203 Å². The Balaban J connectivity index is 1.15. The van der Waals surface area contributed by atoms with Crippen molar-refractivity contribution in [2.75, 3.05) is 18.4 Å². The van der Waals surface area contributed by atoms with Crippen LogP contribution in [0.1, 0.15) is 60.1 Å². The molecule has 34 heavy (non-hydrogen) atoms. The second-order valence-electron chi connectivity index (χ2n) is 10.9. The number of amides is 1. The predicted octanol–water partition coefficient (Wildman–Crippen LogP) is 4.46. The molecular formula is C26H30ClFN4O2. The van der Waals surface area contributed by atoms with E-state index in [-0.39, 0.29) is 28.0 Å². The normalized spacial score (nSPS) is 30.2. The van der Waals surface area contributed by atoms with E-state index in [0.29, 0.717) is 26.1 Å². The number of anilines is 1. The number of nitrogens with one attached hydrogen (secondary N) is 1. The van der Waals surface area contributed by atoms with Gasteiger partial charge in [0.05, 0.1) is 28.9 Å². The topological polar surface area (TPSA) is 78.4 Å². The Kier molecular flexibility index (Phi) is 5.52. The number of aliphatic hydroxyl groups excluding tert-OH is 1. The summed E-state index contributed by atoms with van der Waals surface area (Å²) in [7, 11) is 0. The summed E-state index contributed by atoms with van der Waals surface area (Å²) in [6.07, 6.45) is 9.24. The predicted molar refractivity (Wildman–Crippen MR) is 127 cm³/mol. The van der Waals surface area contributed by atoms with Crippen LogP contribution in [0, 0.1) is 29.0 Å². The number of hydrogen-bond donors (Lipinski definition) is 2. The number of aliphatic hydroxyl groups is 1. The second kappa shape index (κ2) is 8.45. The molecule has 7 rings (SSSR count). The van der Waals surface area contributed by atoms with Crippen molar-refractivity contribution in [2.24, 2.45) is 23.2 Å². The van der Waals surface area contributed by atoms with Crippen molar-refractivity contribution in [3.63, 3.8) is 0 Å². The van der Waals surface area contributed by atoms with Crippen molar-refractivity contribution >= 4 is 23.3 Å². The van der Waals surface area contributed by atoms with Crippen molar-refractivity contribution in [1.82, 2.24) is 14.9 Å². The highest BCUT2D eigenvalue weighted by Gasteiger charge is 2.53. The molecule has 1 aromatic carbocycles. The number of carbonyl (C=O) groups excluding carboxylic acids is 1. The minimum absolute atomic E-state index is 0.0578. The molecule has 2 N–H and O–H groups in total. The van der Waals surface area contributed by atoms with Crippen LogP contribution in [-0.2, 0) is 13.0 Å². The first-order valence-electron chi connectivity index (χ1n) is 12.4. The lowest BCUT2D eigenvalue weighted by Gasteiger charge is -2.58. The average molecular weight is 485 g/mol. The standard InChI is InChI=1S/C26H30ClFN4O2/c27-21-2-1-18(28)8-20(21)25(34)32-4-3-19-22(13-32)30-14-31-24(19)29-12-23(33)26-9-15-5-16(10-26)7-17(6-15)11-26/h1-2,8,14-17,23,33H,3-7,9-13H2,(H,29,30,31). The van der Waals surface area contributed by atoms with Crippen molar-refractivity contribution in [2.45, 2.75) is 57.6 Å². The first-order chi connectivity index (χ1) is 16.4. The number of aromatic nitrogens is 2. The molecule has 4 bridgehead atoms. The fourth-order valence-corrected chi connectivity index (χ4v) is 7.71. The van der Waals surface area contributed by atoms with Crippen molar-refractivity contribution in [3.8, 4) is 0 Å². The summed E-state index contributed by atoms with van der Waals surface area (Å²) >= 11 is 6.15. The smallest absolute Gasteiger partial charge is 0.255 e. The Morgan fingerprint density at radius 2 is 1.91 bits per heavy atom. The van der Waals surface area contributed by atoms with Crippen LogP contribution < -0.4 is 5.32 Å². The Morgan fingerprint density at radius 3 is 2.62 bits per heavy atom. The van der Waals surface area contributed by atoms with E-state index in [9.17, 15) is 14.3 Å². The first kappa shape index (κ1) is 22.2. The molecule has 2 heterocycles. The quantitative estimate of drug-likeness (QED) is 0.655. The molecule has 0 radical (unpaired) electrons. The van der Waals surface area contributed by atoms with Gasteiger partial charge in [-0.25, -0.2) is 14.4 Å². The highest BCUT2D eigenvalue weighted by molar-refractivity contribution is 6.33. The molecule has 4 aliphatic carbocycles. The lowest BCUT2D eigenvalue weighted by molar-refractivity contribution is -0.115. The zero-order valence-corrected chi connectivity index (χ0v) is 19.9. The summed E-state index contributed by atoms with van der Waals surface area (Å²) in [5.74, 6) is 2.33. The highest BCUT2D eigenvalue weighted by Crippen LogP contribution is 2.61. The molecule has 5 aliphatic rings. The summed E-state index contributed by atoms with van der Waals surface area (Å²) in [5, 5.41) is 14.9. The van der Waals surface area contributed by atoms with E-state index in [1.807, 2.05) is 0 Å². The molecule has 8 heteroatoms.